The lowest BCUT2D eigenvalue weighted by molar-refractivity contribution is 0.165. The average Bonchev–Trinajstić information content (AvgIpc) is 2.11. The highest BCUT2D eigenvalue weighted by molar-refractivity contribution is 5.58. The van der Waals surface area contributed by atoms with Gasteiger partial charge in [-0.25, -0.2) is 4.99 Å². The van der Waals surface area contributed by atoms with Gasteiger partial charge < -0.3 is 0 Å². The normalized spacial score (nSPS) is 17.9. The number of hydrogen-bond acceptors (Lipinski definition) is 3. The van der Waals surface area contributed by atoms with Crippen molar-refractivity contribution in [2.75, 3.05) is 0 Å². The fraction of sp³-hybridized carbons (Fsp3) is 0.571. The van der Waals surface area contributed by atoms with Crippen molar-refractivity contribution in [1.82, 2.24) is 10.4 Å². The number of hydrogen-bond donors (Lipinski definition) is 1. The molecule has 1 N–H and O–H groups in total. The van der Waals surface area contributed by atoms with Crippen LogP contribution in [-0.4, -0.2) is 16.9 Å². The van der Waals surface area contributed by atoms with E-state index >= 15 is 0 Å². The van der Waals surface area contributed by atoms with Gasteiger partial charge in [0.05, 0.1) is 5.54 Å². The number of nitrogens with one attached hydrogen (secondary N) is 1. The van der Waals surface area contributed by atoms with E-state index in [1.165, 1.54) is 0 Å². The van der Waals surface area contributed by atoms with Crippen LogP contribution in [0.5, 0.6) is 0 Å². The van der Waals surface area contributed by atoms with E-state index in [9.17, 15) is 0 Å². The minimum Gasteiger partial charge on any atom is -0.286 e. The van der Waals surface area contributed by atoms with Gasteiger partial charge in [0.15, 0.2) is 0 Å². The number of rotatable bonds is 0. The van der Waals surface area contributed by atoms with Crippen LogP contribution in [0.1, 0.15) is 20.8 Å². The molecule has 3 heteroatoms. The monoisotopic (exact) mass is 139 g/mol. The molecule has 3 nitrogen and oxygen atoms in total. The van der Waals surface area contributed by atoms with Gasteiger partial charge in [-0.1, -0.05) is 6.58 Å². The van der Waals surface area contributed by atoms with Gasteiger partial charge in [-0.2, -0.15) is 0 Å². The highest BCUT2D eigenvalue weighted by Crippen LogP contribution is 2.17. The zero-order chi connectivity index (χ0) is 7.78. The van der Waals surface area contributed by atoms with E-state index < -0.39 is 0 Å². The Bertz CT molecular complexity index is 176. The molecule has 0 radical (unpaired) electrons. The highest BCUT2D eigenvalue weighted by atomic mass is 15.6. The molecule has 0 bridgehead atoms. The zero-order valence-electron chi connectivity index (χ0n) is 6.68. The molecule has 56 valence electrons. The van der Waals surface area contributed by atoms with Crippen LogP contribution in [0.3, 0.4) is 0 Å². The van der Waals surface area contributed by atoms with E-state index in [1.807, 2.05) is 5.01 Å². The van der Waals surface area contributed by atoms with E-state index in [4.69, 9.17) is 0 Å². The third kappa shape index (κ3) is 1.12. The maximum absolute atomic E-state index is 3.98. The molecule has 1 aliphatic rings. The highest BCUT2D eigenvalue weighted by Gasteiger charge is 2.24. The smallest absolute Gasteiger partial charge is 0.142 e. The fourth-order valence-electron chi connectivity index (χ4n) is 0.874. The number of nitrogens with zero attached hydrogens (tertiary/aromatic N) is 2. The van der Waals surface area contributed by atoms with E-state index in [1.54, 1.807) is 6.34 Å². The third-order valence-electron chi connectivity index (χ3n) is 1.33. The molecule has 1 heterocycles. The van der Waals surface area contributed by atoms with Crippen molar-refractivity contribution >= 4 is 6.34 Å². The van der Waals surface area contributed by atoms with E-state index in [0.717, 1.165) is 5.82 Å². The maximum atomic E-state index is 3.98. The Labute approximate surface area is 61.4 Å². The van der Waals surface area contributed by atoms with Gasteiger partial charge >= 0.3 is 0 Å². The van der Waals surface area contributed by atoms with Crippen molar-refractivity contribution in [3.05, 3.63) is 12.4 Å². The Hall–Kier alpha value is -0.990. The largest absolute Gasteiger partial charge is 0.286 e. The van der Waals surface area contributed by atoms with Crippen molar-refractivity contribution in [2.45, 2.75) is 26.3 Å². The summed E-state index contributed by atoms with van der Waals surface area (Å²) in [6, 6.07) is 0. The molecule has 1 aliphatic heterocycles. The van der Waals surface area contributed by atoms with Gasteiger partial charge in [0, 0.05) is 0 Å². The molecule has 0 fully saturated rings. The van der Waals surface area contributed by atoms with Gasteiger partial charge in [0.2, 0.25) is 0 Å². The lowest BCUT2D eigenvalue weighted by atomic mass is 10.1. The van der Waals surface area contributed by atoms with Gasteiger partial charge in [0.1, 0.15) is 12.2 Å². The molecule has 0 aliphatic carbocycles. The summed E-state index contributed by atoms with van der Waals surface area (Å²) in [6.45, 7) is 10.1. The van der Waals surface area contributed by atoms with Crippen molar-refractivity contribution < 1.29 is 0 Å². The quantitative estimate of drug-likeness (QED) is 0.544. The molecule has 1 rings (SSSR count). The van der Waals surface area contributed by atoms with E-state index in [2.05, 4.69) is 37.8 Å². The Morgan fingerprint density at radius 1 is 1.60 bits per heavy atom. The Kier molecular flexibility index (Phi) is 1.43. The maximum Gasteiger partial charge on any atom is 0.142 e. The van der Waals surface area contributed by atoms with Crippen molar-refractivity contribution in [2.24, 2.45) is 4.99 Å². The SMILES string of the molecule is C=C1N=CNN1C(C)(C)C. The number of aliphatic imine (C=N–C) groups is 1. The Balaban J connectivity index is 2.69. The molecule has 0 saturated carbocycles. The van der Waals surface area contributed by atoms with Crippen LogP contribution in [0.15, 0.2) is 17.4 Å². The summed E-state index contributed by atoms with van der Waals surface area (Å²) < 4.78 is 0. The Morgan fingerprint density at radius 2 is 2.20 bits per heavy atom. The summed E-state index contributed by atoms with van der Waals surface area (Å²) >= 11 is 0. The van der Waals surface area contributed by atoms with Crippen molar-refractivity contribution in [1.29, 1.82) is 0 Å². The van der Waals surface area contributed by atoms with E-state index in [-0.39, 0.29) is 5.54 Å². The fourth-order valence-corrected chi connectivity index (χ4v) is 0.874. The first-order chi connectivity index (χ1) is 4.52. The molecular weight excluding hydrogens is 126 g/mol. The number of hydrazine groups is 1. The molecule has 0 aromatic carbocycles. The summed E-state index contributed by atoms with van der Waals surface area (Å²) in [4.78, 5) is 3.98. The van der Waals surface area contributed by atoms with Crippen LogP contribution in [0.2, 0.25) is 0 Å². The second-order valence-corrected chi connectivity index (χ2v) is 3.31. The second-order valence-electron chi connectivity index (χ2n) is 3.31. The first-order valence-electron chi connectivity index (χ1n) is 3.29. The second kappa shape index (κ2) is 2.01. The summed E-state index contributed by atoms with van der Waals surface area (Å²) in [6.07, 6.45) is 1.65. The first-order valence-corrected chi connectivity index (χ1v) is 3.29. The zero-order valence-corrected chi connectivity index (χ0v) is 6.68. The van der Waals surface area contributed by atoms with Crippen LogP contribution >= 0.6 is 0 Å². The van der Waals surface area contributed by atoms with Gasteiger partial charge in [-0.05, 0) is 20.8 Å². The van der Waals surface area contributed by atoms with Gasteiger partial charge in [-0.3, -0.25) is 10.4 Å². The standard InChI is InChI=1S/C7H13N3/c1-6-8-5-9-10(6)7(2,3)4/h5H,1H2,2-4H3,(H,8,9). The first kappa shape index (κ1) is 7.12. The molecule has 0 aromatic rings. The Morgan fingerprint density at radius 3 is 2.40 bits per heavy atom. The summed E-state index contributed by atoms with van der Waals surface area (Å²) in [5.74, 6) is 0.771. The molecule has 0 aromatic heterocycles. The van der Waals surface area contributed by atoms with Crippen LogP contribution in [0.4, 0.5) is 0 Å². The lowest BCUT2D eigenvalue weighted by Gasteiger charge is -2.32. The third-order valence-corrected chi connectivity index (χ3v) is 1.33. The molecule has 0 amide bonds. The minimum absolute atomic E-state index is 0.0492. The molecule has 0 saturated heterocycles. The average molecular weight is 139 g/mol. The van der Waals surface area contributed by atoms with Crippen molar-refractivity contribution in [3.8, 4) is 0 Å². The van der Waals surface area contributed by atoms with Crippen LogP contribution in [0, 0.1) is 0 Å². The van der Waals surface area contributed by atoms with Crippen LogP contribution < -0.4 is 5.43 Å². The predicted octanol–water partition coefficient (Wildman–Crippen LogP) is 1.10. The topological polar surface area (TPSA) is 27.6 Å². The van der Waals surface area contributed by atoms with Gasteiger partial charge in [-0.15, -0.1) is 0 Å². The van der Waals surface area contributed by atoms with Gasteiger partial charge in [0.25, 0.3) is 0 Å². The molecule has 0 unspecified atom stereocenters. The molecule has 0 atom stereocenters. The summed E-state index contributed by atoms with van der Waals surface area (Å²) in [7, 11) is 0. The van der Waals surface area contributed by atoms with Crippen LogP contribution in [0.25, 0.3) is 0 Å². The molecule has 0 spiro atoms. The summed E-state index contributed by atoms with van der Waals surface area (Å²) in [5.41, 5.74) is 3.04. The minimum atomic E-state index is 0.0492. The molecular formula is C7H13N3. The van der Waals surface area contributed by atoms with Crippen molar-refractivity contribution in [3.63, 3.8) is 0 Å². The molecule has 10 heavy (non-hydrogen) atoms. The van der Waals surface area contributed by atoms with Crippen LogP contribution in [-0.2, 0) is 0 Å². The lowest BCUT2D eigenvalue weighted by Crippen LogP contribution is -2.45. The van der Waals surface area contributed by atoms with E-state index in [0.29, 0.717) is 0 Å². The summed E-state index contributed by atoms with van der Waals surface area (Å²) in [5, 5.41) is 1.92. The predicted molar refractivity (Wildman–Crippen MR) is 42.4 cm³/mol.